The Labute approximate surface area is 183 Å². The number of halogens is 1. The normalized spacial score (nSPS) is 17.5. The van der Waals surface area contributed by atoms with Crippen LogP contribution in [0.5, 0.6) is 11.5 Å². The van der Waals surface area contributed by atoms with Gasteiger partial charge in [-0.3, -0.25) is 19.5 Å². The zero-order valence-corrected chi connectivity index (χ0v) is 17.3. The van der Waals surface area contributed by atoms with E-state index < -0.39 is 29.3 Å². The van der Waals surface area contributed by atoms with Crippen LogP contribution in [0, 0.1) is 5.82 Å². The minimum absolute atomic E-state index is 0.128. The van der Waals surface area contributed by atoms with Gasteiger partial charge in [-0.15, -0.1) is 0 Å². The largest absolute Gasteiger partial charge is 0.506 e. The molecular weight excluding hydrogens is 415 g/mol. The Morgan fingerprint density at radius 1 is 1.03 bits per heavy atom. The number of hydrogen-bond acceptors (Lipinski definition) is 6. The Balaban J connectivity index is 2.01. The number of ketones is 1. The third kappa shape index (κ3) is 3.45. The summed E-state index contributed by atoms with van der Waals surface area (Å²) < 4.78 is 24.7. The van der Waals surface area contributed by atoms with Crippen LogP contribution in [0.15, 0.2) is 72.6 Å². The van der Waals surface area contributed by atoms with Crippen LogP contribution >= 0.6 is 0 Å². The molecule has 32 heavy (non-hydrogen) atoms. The van der Waals surface area contributed by atoms with Gasteiger partial charge in [0.2, 0.25) is 0 Å². The highest BCUT2D eigenvalue weighted by Gasteiger charge is 2.47. The van der Waals surface area contributed by atoms with Crippen LogP contribution in [0.4, 0.5) is 10.1 Å². The standard InChI is InChI=1S/C24H19FN2O5/c1-31-17-9-4-10-18(32-2)19(17)22(28)20-21(14-6-5-11-26-13-14)27(24(30)23(20)29)16-8-3-7-15(25)12-16/h3-13,21,28H,1-2H3/b22-20+. The average molecular weight is 434 g/mol. The van der Waals surface area contributed by atoms with Gasteiger partial charge in [-0.25, -0.2) is 4.39 Å². The first kappa shape index (κ1) is 21.0. The maximum absolute atomic E-state index is 14.0. The topological polar surface area (TPSA) is 89.0 Å². The number of ether oxygens (including phenoxy) is 2. The van der Waals surface area contributed by atoms with Gasteiger partial charge in [0, 0.05) is 18.1 Å². The highest BCUT2D eigenvalue weighted by atomic mass is 19.1. The Hall–Kier alpha value is -4.20. The summed E-state index contributed by atoms with van der Waals surface area (Å²) in [6.07, 6.45) is 3.02. The summed E-state index contributed by atoms with van der Waals surface area (Å²) >= 11 is 0. The van der Waals surface area contributed by atoms with Crippen molar-refractivity contribution in [2.45, 2.75) is 6.04 Å². The molecule has 0 bridgehead atoms. The van der Waals surface area contributed by atoms with Gasteiger partial charge in [-0.1, -0.05) is 18.2 Å². The van der Waals surface area contributed by atoms with Crippen LogP contribution in [0.3, 0.4) is 0 Å². The molecule has 1 aliphatic heterocycles. The van der Waals surface area contributed by atoms with Crippen molar-refractivity contribution in [3.8, 4) is 11.5 Å². The molecule has 1 aliphatic rings. The molecule has 3 aromatic rings. The van der Waals surface area contributed by atoms with Crippen molar-refractivity contribution in [1.82, 2.24) is 4.98 Å². The van der Waals surface area contributed by atoms with E-state index in [2.05, 4.69) is 4.98 Å². The lowest BCUT2D eigenvalue weighted by atomic mass is 9.95. The van der Waals surface area contributed by atoms with Crippen LogP contribution in [0.2, 0.25) is 0 Å². The number of aromatic nitrogens is 1. The zero-order valence-electron chi connectivity index (χ0n) is 17.3. The molecule has 1 aromatic heterocycles. The average Bonchev–Trinajstić information content (AvgIpc) is 3.09. The molecule has 0 spiro atoms. The molecule has 7 nitrogen and oxygen atoms in total. The molecule has 8 heteroatoms. The smallest absolute Gasteiger partial charge is 0.300 e. The number of methoxy groups -OCH3 is 2. The number of amides is 1. The van der Waals surface area contributed by atoms with E-state index in [1.54, 1.807) is 36.5 Å². The number of hydrogen-bond donors (Lipinski definition) is 1. The lowest BCUT2D eigenvalue weighted by Gasteiger charge is -2.25. The van der Waals surface area contributed by atoms with Crippen molar-refractivity contribution >= 4 is 23.1 Å². The number of aliphatic hydroxyl groups is 1. The minimum Gasteiger partial charge on any atom is -0.506 e. The van der Waals surface area contributed by atoms with Crippen molar-refractivity contribution in [1.29, 1.82) is 0 Å². The van der Waals surface area contributed by atoms with Crippen molar-refractivity contribution in [2.75, 3.05) is 19.1 Å². The second-order valence-corrected chi connectivity index (χ2v) is 6.97. The summed E-state index contributed by atoms with van der Waals surface area (Å²) in [4.78, 5) is 31.5. The monoisotopic (exact) mass is 434 g/mol. The van der Waals surface area contributed by atoms with Crippen molar-refractivity contribution < 1.29 is 28.6 Å². The predicted octanol–water partition coefficient (Wildman–Crippen LogP) is 3.86. The molecule has 1 N–H and O–H groups in total. The molecule has 162 valence electrons. The number of rotatable bonds is 5. The number of carbonyl (C=O) groups excluding carboxylic acids is 2. The Morgan fingerprint density at radius 2 is 1.72 bits per heavy atom. The highest BCUT2D eigenvalue weighted by molar-refractivity contribution is 6.51. The summed E-state index contributed by atoms with van der Waals surface area (Å²) in [6, 6.07) is 12.5. The summed E-state index contributed by atoms with van der Waals surface area (Å²) in [7, 11) is 2.82. The molecule has 0 aliphatic carbocycles. The molecule has 1 amide bonds. The molecule has 0 radical (unpaired) electrons. The molecule has 2 aromatic carbocycles. The lowest BCUT2D eigenvalue weighted by molar-refractivity contribution is -0.132. The second-order valence-electron chi connectivity index (χ2n) is 6.97. The van der Waals surface area contributed by atoms with Crippen LogP contribution in [-0.2, 0) is 9.59 Å². The number of anilines is 1. The molecule has 0 saturated carbocycles. The van der Waals surface area contributed by atoms with Gasteiger partial charge in [0.25, 0.3) is 11.7 Å². The van der Waals surface area contributed by atoms with Crippen molar-refractivity contribution in [3.05, 3.63) is 89.5 Å². The Kier molecular flexibility index (Phi) is 5.59. The lowest BCUT2D eigenvalue weighted by Crippen LogP contribution is -2.29. The van der Waals surface area contributed by atoms with Gasteiger partial charge in [0.15, 0.2) is 0 Å². The van der Waals surface area contributed by atoms with E-state index in [0.29, 0.717) is 5.56 Å². The van der Waals surface area contributed by atoms with Crippen molar-refractivity contribution in [3.63, 3.8) is 0 Å². The van der Waals surface area contributed by atoms with Crippen LogP contribution < -0.4 is 14.4 Å². The van der Waals surface area contributed by atoms with E-state index in [1.165, 1.54) is 38.6 Å². The van der Waals surface area contributed by atoms with E-state index >= 15 is 0 Å². The summed E-state index contributed by atoms with van der Waals surface area (Å²) in [5.74, 6) is -2.35. The second kappa shape index (κ2) is 8.50. The van der Waals surface area contributed by atoms with Gasteiger partial charge in [-0.2, -0.15) is 0 Å². The van der Waals surface area contributed by atoms with Gasteiger partial charge >= 0.3 is 0 Å². The Morgan fingerprint density at radius 3 is 2.31 bits per heavy atom. The molecule has 1 saturated heterocycles. The maximum atomic E-state index is 14.0. The van der Waals surface area contributed by atoms with Crippen molar-refractivity contribution in [2.24, 2.45) is 0 Å². The summed E-state index contributed by atoms with van der Waals surface area (Å²) in [5, 5.41) is 11.3. The molecule has 1 atom stereocenters. The number of nitrogens with zero attached hydrogens (tertiary/aromatic N) is 2. The molecule has 1 fully saturated rings. The van der Waals surface area contributed by atoms with E-state index in [-0.39, 0.29) is 28.3 Å². The third-order valence-electron chi connectivity index (χ3n) is 5.20. The Bertz CT molecular complexity index is 1200. The first-order chi connectivity index (χ1) is 15.5. The number of Topliss-reactive ketones (excluding diaryl/α,β-unsaturated/α-hetero) is 1. The van der Waals surface area contributed by atoms with Crippen LogP contribution in [-0.4, -0.2) is 36.0 Å². The fourth-order valence-corrected chi connectivity index (χ4v) is 3.80. The SMILES string of the molecule is COc1cccc(OC)c1/C(O)=C1\C(=O)C(=O)N(c2cccc(F)c2)C1c1cccnc1. The zero-order chi connectivity index (χ0) is 22.8. The van der Waals surface area contributed by atoms with Gasteiger partial charge < -0.3 is 14.6 Å². The maximum Gasteiger partial charge on any atom is 0.300 e. The number of benzene rings is 2. The fourth-order valence-electron chi connectivity index (χ4n) is 3.80. The van der Waals surface area contributed by atoms with Crippen LogP contribution in [0.1, 0.15) is 17.2 Å². The van der Waals surface area contributed by atoms with Crippen LogP contribution in [0.25, 0.3) is 5.76 Å². The summed E-state index contributed by atoms with van der Waals surface area (Å²) in [5.41, 5.74) is 0.581. The number of aliphatic hydroxyl groups excluding tert-OH is 1. The molecular formula is C24H19FN2O5. The predicted molar refractivity (Wildman–Crippen MR) is 115 cm³/mol. The third-order valence-corrected chi connectivity index (χ3v) is 5.20. The van der Waals surface area contributed by atoms with E-state index in [4.69, 9.17) is 9.47 Å². The number of pyridine rings is 1. The quantitative estimate of drug-likeness (QED) is 0.373. The minimum atomic E-state index is -1.04. The van der Waals surface area contributed by atoms with Gasteiger partial charge in [0.1, 0.15) is 28.6 Å². The summed E-state index contributed by atoms with van der Waals surface area (Å²) in [6.45, 7) is 0. The van der Waals surface area contributed by atoms with Gasteiger partial charge in [-0.05, 0) is 42.0 Å². The first-order valence-electron chi connectivity index (χ1n) is 9.65. The van der Waals surface area contributed by atoms with E-state index in [1.807, 2.05) is 0 Å². The van der Waals surface area contributed by atoms with E-state index in [9.17, 15) is 19.1 Å². The molecule has 1 unspecified atom stereocenters. The fraction of sp³-hybridized carbons (Fsp3) is 0.125. The molecule has 4 rings (SSSR count). The van der Waals surface area contributed by atoms with E-state index in [0.717, 1.165) is 11.0 Å². The number of carbonyl (C=O) groups is 2. The molecule has 2 heterocycles. The highest BCUT2D eigenvalue weighted by Crippen LogP contribution is 2.44. The first-order valence-corrected chi connectivity index (χ1v) is 9.65. The van der Waals surface area contributed by atoms with Gasteiger partial charge in [0.05, 0.1) is 25.8 Å².